The summed E-state index contributed by atoms with van der Waals surface area (Å²) in [7, 11) is 0. The van der Waals surface area contributed by atoms with Gasteiger partial charge in [-0.15, -0.1) is 0 Å². The van der Waals surface area contributed by atoms with Crippen LogP contribution in [0, 0.1) is 13.8 Å². The highest BCUT2D eigenvalue weighted by molar-refractivity contribution is 6.31. The number of rotatable bonds is 7. The van der Waals surface area contributed by atoms with Crippen LogP contribution in [0.5, 0.6) is 0 Å². The normalized spacial score (nSPS) is 11.7. The van der Waals surface area contributed by atoms with Gasteiger partial charge in [0, 0.05) is 22.7 Å². The molecule has 0 aliphatic heterocycles. The molecule has 0 saturated heterocycles. The van der Waals surface area contributed by atoms with Gasteiger partial charge in [0.05, 0.1) is 6.42 Å². The van der Waals surface area contributed by atoms with Crippen molar-refractivity contribution in [2.75, 3.05) is 5.32 Å². The Balaban J connectivity index is 1.50. The maximum atomic E-state index is 12.3. The summed E-state index contributed by atoms with van der Waals surface area (Å²) in [5.74, 6) is -0.180. The van der Waals surface area contributed by atoms with E-state index in [9.17, 15) is 9.59 Å². The van der Waals surface area contributed by atoms with Crippen molar-refractivity contribution in [3.63, 3.8) is 0 Å². The average Bonchev–Trinajstić information content (AvgIpc) is 3.18. The van der Waals surface area contributed by atoms with E-state index in [1.54, 1.807) is 18.2 Å². The number of aromatic nitrogens is 2. The van der Waals surface area contributed by atoms with E-state index in [2.05, 4.69) is 15.5 Å². The summed E-state index contributed by atoms with van der Waals surface area (Å²) in [4.78, 5) is 28.7. The fourth-order valence-corrected chi connectivity index (χ4v) is 2.83. The first-order chi connectivity index (χ1) is 14.3. The first-order valence-corrected chi connectivity index (χ1v) is 9.86. The minimum absolute atomic E-state index is 0.0172. The van der Waals surface area contributed by atoms with Crippen molar-refractivity contribution in [1.82, 2.24) is 10.1 Å². The first kappa shape index (κ1) is 21.5. The molecular formula is C22H22ClN3O4. The number of carbonyl (C=O) groups is 2. The molecule has 2 aromatic carbocycles. The zero-order valence-corrected chi connectivity index (χ0v) is 17.7. The summed E-state index contributed by atoms with van der Waals surface area (Å²) in [6.07, 6.45) is -0.718. The molecular weight excluding hydrogens is 406 g/mol. The number of aryl methyl sites for hydroxylation is 3. The van der Waals surface area contributed by atoms with Gasteiger partial charge in [0.15, 0.2) is 6.10 Å². The molecule has 0 aliphatic rings. The minimum Gasteiger partial charge on any atom is -0.453 e. The molecule has 0 radical (unpaired) electrons. The van der Waals surface area contributed by atoms with Crippen molar-refractivity contribution >= 4 is 29.2 Å². The molecule has 0 fully saturated rings. The third-order valence-electron chi connectivity index (χ3n) is 4.46. The SMILES string of the molecule is Cc1ccc(-c2noc(CCC(=O)OC(C)C(=O)Nc3cc(Cl)ccc3C)n2)cc1. The Morgan fingerprint density at radius 1 is 1.17 bits per heavy atom. The third-order valence-corrected chi connectivity index (χ3v) is 4.69. The van der Waals surface area contributed by atoms with Gasteiger partial charge < -0.3 is 14.6 Å². The van der Waals surface area contributed by atoms with Crippen LogP contribution in [-0.4, -0.2) is 28.1 Å². The molecule has 1 heterocycles. The molecule has 0 aliphatic carbocycles. The number of nitrogens with zero attached hydrogens (tertiary/aromatic N) is 2. The second-order valence-electron chi connectivity index (χ2n) is 6.96. The fourth-order valence-electron chi connectivity index (χ4n) is 2.66. The molecule has 3 rings (SSSR count). The Morgan fingerprint density at radius 3 is 2.63 bits per heavy atom. The zero-order valence-electron chi connectivity index (χ0n) is 16.9. The van der Waals surface area contributed by atoms with Crippen LogP contribution in [0.2, 0.25) is 5.02 Å². The lowest BCUT2D eigenvalue weighted by Crippen LogP contribution is -2.30. The van der Waals surface area contributed by atoms with E-state index in [-0.39, 0.29) is 12.8 Å². The number of hydrogen-bond donors (Lipinski definition) is 1. The Kier molecular flexibility index (Phi) is 6.84. The van der Waals surface area contributed by atoms with Gasteiger partial charge in [-0.3, -0.25) is 9.59 Å². The minimum atomic E-state index is -0.957. The van der Waals surface area contributed by atoms with Gasteiger partial charge in [-0.2, -0.15) is 4.98 Å². The Morgan fingerprint density at radius 2 is 1.90 bits per heavy atom. The van der Waals surface area contributed by atoms with Gasteiger partial charge >= 0.3 is 5.97 Å². The molecule has 1 atom stereocenters. The summed E-state index contributed by atoms with van der Waals surface area (Å²) in [6.45, 7) is 5.35. The number of benzene rings is 2. The number of hydrogen-bond acceptors (Lipinski definition) is 6. The number of amides is 1. The highest BCUT2D eigenvalue weighted by Gasteiger charge is 2.19. The molecule has 3 aromatic rings. The number of nitrogens with one attached hydrogen (secondary N) is 1. The monoisotopic (exact) mass is 427 g/mol. The van der Waals surface area contributed by atoms with Gasteiger partial charge in [0.2, 0.25) is 11.7 Å². The quantitative estimate of drug-likeness (QED) is 0.557. The highest BCUT2D eigenvalue weighted by atomic mass is 35.5. The topological polar surface area (TPSA) is 94.3 Å². The van der Waals surface area contributed by atoms with Crippen molar-refractivity contribution in [2.24, 2.45) is 0 Å². The molecule has 1 N–H and O–H groups in total. The van der Waals surface area contributed by atoms with E-state index in [4.69, 9.17) is 20.9 Å². The second kappa shape index (κ2) is 9.54. The van der Waals surface area contributed by atoms with Crippen LogP contribution in [0.1, 0.15) is 30.4 Å². The second-order valence-corrected chi connectivity index (χ2v) is 7.39. The molecule has 1 aromatic heterocycles. The summed E-state index contributed by atoms with van der Waals surface area (Å²) >= 11 is 5.95. The predicted octanol–water partition coefficient (Wildman–Crippen LogP) is 4.51. The Labute approximate surface area is 179 Å². The lowest BCUT2D eigenvalue weighted by Gasteiger charge is -2.14. The van der Waals surface area contributed by atoms with Gasteiger partial charge in [0.25, 0.3) is 5.91 Å². The summed E-state index contributed by atoms with van der Waals surface area (Å²) in [5.41, 5.74) is 3.39. The maximum absolute atomic E-state index is 12.3. The van der Waals surface area contributed by atoms with E-state index in [0.717, 1.165) is 16.7 Å². The van der Waals surface area contributed by atoms with Crippen LogP contribution in [0.4, 0.5) is 5.69 Å². The van der Waals surface area contributed by atoms with Crippen LogP contribution in [0.3, 0.4) is 0 Å². The van der Waals surface area contributed by atoms with Crippen molar-refractivity contribution in [2.45, 2.75) is 39.7 Å². The third kappa shape index (κ3) is 5.67. The molecule has 1 amide bonds. The summed E-state index contributed by atoms with van der Waals surface area (Å²) < 4.78 is 10.4. The van der Waals surface area contributed by atoms with Gasteiger partial charge in [-0.05, 0) is 38.5 Å². The van der Waals surface area contributed by atoms with E-state index in [0.29, 0.717) is 22.4 Å². The van der Waals surface area contributed by atoms with Crippen LogP contribution in [0.15, 0.2) is 47.0 Å². The van der Waals surface area contributed by atoms with Crippen molar-refractivity contribution in [3.8, 4) is 11.4 Å². The number of esters is 1. The molecule has 0 saturated carbocycles. The number of halogens is 1. The van der Waals surface area contributed by atoms with Gasteiger partial charge in [0.1, 0.15) is 0 Å². The molecule has 7 nitrogen and oxygen atoms in total. The number of carbonyl (C=O) groups excluding carboxylic acids is 2. The van der Waals surface area contributed by atoms with Crippen LogP contribution < -0.4 is 5.32 Å². The van der Waals surface area contributed by atoms with Crippen molar-refractivity contribution in [3.05, 3.63) is 64.5 Å². The summed E-state index contributed by atoms with van der Waals surface area (Å²) in [5, 5.41) is 7.15. The zero-order chi connectivity index (χ0) is 21.7. The smallest absolute Gasteiger partial charge is 0.307 e. The van der Waals surface area contributed by atoms with E-state index in [1.807, 2.05) is 38.1 Å². The van der Waals surface area contributed by atoms with Crippen LogP contribution in [0.25, 0.3) is 11.4 Å². The standard InChI is InChI=1S/C22H22ClN3O4/c1-13-4-7-16(8-5-13)21-25-19(30-26-21)10-11-20(27)29-15(3)22(28)24-18-12-17(23)9-6-14(18)2/h4-9,12,15H,10-11H2,1-3H3,(H,24,28). The molecule has 30 heavy (non-hydrogen) atoms. The van der Waals surface area contributed by atoms with Crippen LogP contribution >= 0.6 is 11.6 Å². The fraction of sp³-hybridized carbons (Fsp3) is 0.273. The summed E-state index contributed by atoms with van der Waals surface area (Å²) in [6, 6.07) is 12.9. The Bertz CT molecular complexity index is 1050. The molecule has 0 bridgehead atoms. The predicted molar refractivity (Wildman–Crippen MR) is 113 cm³/mol. The van der Waals surface area contributed by atoms with Crippen molar-refractivity contribution < 1.29 is 18.8 Å². The van der Waals surface area contributed by atoms with Crippen molar-refractivity contribution in [1.29, 1.82) is 0 Å². The largest absolute Gasteiger partial charge is 0.453 e. The van der Waals surface area contributed by atoms with Gasteiger partial charge in [-0.25, -0.2) is 0 Å². The number of anilines is 1. The highest BCUT2D eigenvalue weighted by Crippen LogP contribution is 2.21. The lowest BCUT2D eigenvalue weighted by atomic mass is 10.1. The molecule has 0 spiro atoms. The first-order valence-electron chi connectivity index (χ1n) is 9.48. The molecule has 156 valence electrons. The molecule has 8 heteroatoms. The lowest BCUT2D eigenvalue weighted by molar-refractivity contribution is -0.153. The van der Waals surface area contributed by atoms with E-state index < -0.39 is 18.0 Å². The average molecular weight is 428 g/mol. The van der Waals surface area contributed by atoms with Gasteiger partial charge in [-0.1, -0.05) is 52.7 Å². The molecule has 1 unspecified atom stereocenters. The van der Waals surface area contributed by atoms with Crippen LogP contribution in [-0.2, 0) is 20.7 Å². The van der Waals surface area contributed by atoms with E-state index >= 15 is 0 Å². The number of ether oxygens (including phenoxy) is 1. The van der Waals surface area contributed by atoms with E-state index in [1.165, 1.54) is 6.92 Å². The Hall–Kier alpha value is -3.19. The maximum Gasteiger partial charge on any atom is 0.307 e.